The molecule has 0 saturated heterocycles. The van der Waals surface area contributed by atoms with Crippen molar-refractivity contribution in [1.82, 2.24) is 15.2 Å². The standard InChI is InChI=1S/C14H18N4O/c1-4-18(13(19)10(2)3)14-15-12(16-17-14)11-8-6-5-7-9-11/h5-10H,4H2,1-3H3,(H,15,16,17). The van der Waals surface area contributed by atoms with Gasteiger partial charge in [0.05, 0.1) is 0 Å². The second kappa shape index (κ2) is 5.65. The van der Waals surface area contributed by atoms with Gasteiger partial charge in [0.25, 0.3) is 5.95 Å². The number of H-pyrrole nitrogens is 1. The van der Waals surface area contributed by atoms with E-state index in [-0.39, 0.29) is 11.8 Å². The van der Waals surface area contributed by atoms with Gasteiger partial charge in [-0.1, -0.05) is 44.2 Å². The van der Waals surface area contributed by atoms with E-state index in [2.05, 4.69) is 15.2 Å². The van der Waals surface area contributed by atoms with Crippen molar-refractivity contribution in [3.8, 4) is 11.4 Å². The minimum atomic E-state index is -0.0707. The molecule has 100 valence electrons. The van der Waals surface area contributed by atoms with Crippen LogP contribution in [0, 0.1) is 5.92 Å². The van der Waals surface area contributed by atoms with Crippen LogP contribution in [0.25, 0.3) is 11.4 Å². The topological polar surface area (TPSA) is 61.9 Å². The molecule has 1 aromatic heterocycles. The number of hydrogen-bond acceptors (Lipinski definition) is 3. The number of aromatic nitrogens is 3. The summed E-state index contributed by atoms with van der Waals surface area (Å²) < 4.78 is 0. The van der Waals surface area contributed by atoms with E-state index in [0.29, 0.717) is 18.3 Å². The van der Waals surface area contributed by atoms with Crippen molar-refractivity contribution in [2.24, 2.45) is 5.92 Å². The SMILES string of the molecule is CCN(C(=O)C(C)C)c1n[nH]c(-c2ccccc2)n1. The first-order valence-corrected chi connectivity index (χ1v) is 6.42. The van der Waals surface area contributed by atoms with Gasteiger partial charge in [-0.3, -0.25) is 14.8 Å². The Kier molecular flexibility index (Phi) is 3.94. The molecule has 2 aromatic rings. The Morgan fingerprint density at radius 2 is 2.00 bits per heavy atom. The Balaban J connectivity index is 2.27. The molecule has 1 heterocycles. The van der Waals surface area contributed by atoms with Crippen molar-refractivity contribution in [3.05, 3.63) is 30.3 Å². The predicted octanol–water partition coefficient (Wildman–Crippen LogP) is 2.48. The molecule has 0 radical (unpaired) electrons. The maximum Gasteiger partial charge on any atom is 0.251 e. The van der Waals surface area contributed by atoms with Crippen LogP contribution >= 0.6 is 0 Å². The number of aromatic amines is 1. The lowest BCUT2D eigenvalue weighted by Gasteiger charge is -2.18. The summed E-state index contributed by atoms with van der Waals surface area (Å²) in [7, 11) is 0. The van der Waals surface area contributed by atoms with Gasteiger partial charge in [0.2, 0.25) is 5.91 Å². The van der Waals surface area contributed by atoms with Crippen LogP contribution in [0.5, 0.6) is 0 Å². The number of nitrogens with one attached hydrogen (secondary N) is 1. The summed E-state index contributed by atoms with van der Waals surface area (Å²) in [5.41, 5.74) is 0.953. The third kappa shape index (κ3) is 2.81. The molecule has 5 heteroatoms. The van der Waals surface area contributed by atoms with Gasteiger partial charge in [0, 0.05) is 18.0 Å². The highest BCUT2D eigenvalue weighted by molar-refractivity contribution is 5.93. The molecule has 19 heavy (non-hydrogen) atoms. The van der Waals surface area contributed by atoms with Gasteiger partial charge in [-0.05, 0) is 6.92 Å². The minimum Gasteiger partial charge on any atom is -0.279 e. The van der Waals surface area contributed by atoms with Gasteiger partial charge < -0.3 is 0 Å². The van der Waals surface area contributed by atoms with E-state index in [1.54, 1.807) is 4.90 Å². The van der Waals surface area contributed by atoms with Crippen LogP contribution in [0.2, 0.25) is 0 Å². The van der Waals surface area contributed by atoms with Gasteiger partial charge in [-0.25, -0.2) is 0 Å². The van der Waals surface area contributed by atoms with Crippen LogP contribution in [0.4, 0.5) is 5.95 Å². The van der Waals surface area contributed by atoms with E-state index in [4.69, 9.17) is 0 Å². The van der Waals surface area contributed by atoms with Gasteiger partial charge in [0.15, 0.2) is 5.82 Å². The van der Waals surface area contributed by atoms with E-state index < -0.39 is 0 Å². The molecule has 0 aliphatic rings. The Bertz CT molecular complexity index is 548. The third-order valence-electron chi connectivity index (χ3n) is 2.84. The molecule has 0 atom stereocenters. The monoisotopic (exact) mass is 258 g/mol. The highest BCUT2D eigenvalue weighted by Gasteiger charge is 2.21. The van der Waals surface area contributed by atoms with Gasteiger partial charge >= 0.3 is 0 Å². The Labute approximate surface area is 112 Å². The van der Waals surface area contributed by atoms with Gasteiger partial charge in [-0.15, -0.1) is 5.10 Å². The number of rotatable bonds is 4. The number of nitrogens with zero attached hydrogens (tertiary/aromatic N) is 3. The van der Waals surface area contributed by atoms with E-state index in [1.165, 1.54) is 0 Å². The first-order valence-electron chi connectivity index (χ1n) is 6.42. The lowest BCUT2D eigenvalue weighted by molar-refractivity contribution is -0.121. The van der Waals surface area contributed by atoms with E-state index in [0.717, 1.165) is 5.56 Å². The molecule has 0 saturated carbocycles. The molecule has 0 unspecified atom stereocenters. The van der Waals surface area contributed by atoms with Crippen molar-refractivity contribution in [2.75, 3.05) is 11.4 Å². The normalized spacial score (nSPS) is 10.7. The highest BCUT2D eigenvalue weighted by Crippen LogP contribution is 2.18. The molecule has 2 rings (SSSR count). The Morgan fingerprint density at radius 1 is 1.32 bits per heavy atom. The van der Waals surface area contributed by atoms with Gasteiger partial charge in [-0.2, -0.15) is 4.98 Å². The molecular weight excluding hydrogens is 240 g/mol. The lowest BCUT2D eigenvalue weighted by Crippen LogP contribution is -2.34. The van der Waals surface area contributed by atoms with E-state index in [9.17, 15) is 4.79 Å². The van der Waals surface area contributed by atoms with Crippen LogP contribution in [0.15, 0.2) is 30.3 Å². The molecule has 0 spiro atoms. The van der Waals surface area contributed by atoms with Crippen molar-refractivity contribution >= 4 is 11.9 Å². The van der Waals surface area contributed by atoms with E-state index in [1.807, 2.05) is 51.1 Å². The molecule has 0 fully saturated rings. The Morgan fingerprint density at radius 3 is 2.58 bits per heavy atom. The predicted molar refractivity (Wildman–Crippen MR) is 74.7 cm³/mol. The summed E-state index contributed by atoms with van der Waals surface area (Å²) in [5, 5.41) is 7.01. The molecule has 5 nitrogen and oxygen atoms in total. The maximum absolute atomic E-state index is 12.1. The van der Waals surface area contributed by atoms with Crippen LogP contribution in [0.1, 0.15) is 20.8 Å². The number of hydrogen-bond donors (Lipinski definition) is 1. The lowest BCUT2D eigenvalue weighted by atomic mass is 10.2. The fraction of sp³-hybridized carbons (Fsp3) is 0.357. The van der Waals surface area contributed by atoms with Crippen molar-refractivity contribution in [3.63, 3.8) is 0 Å². The van der Waals surface area contributed by atoms with Crippen molar-refractivity contribution in [2.45, 2.75) is 20.8 Å². The summed E-state index contributed by atoms with van der Waals surface area (Å²) >= 11 is 0. The zero-order valence-electron chi connectivity index (χ0n) is 11.4. The smallest absolute Gasteiger partial charge is 0.251 e. The summed E-state index contributed by atoms with van der Waals surface area (Å²) in [6, 6.07) is 9.72. The molecule has 0 bridgehead atoms. The number of amides is 1. The fourth-order valence-electron chi connectivity index (χ4n) is 1.81. The Hall–Kier alpha value is -2.17. The summed E-state index contributed by atoms with van der Waals surface area (Å²) in [5.74, 6) is 1.06. The third-order valence-corrected chi connectivity index (χ3v) is 2.84. The average molecular weight is 258 g/mol. The zero-order valence-corrected chi connectivity index (χ0v) is 11.4. The number of carbonyl (C=O) groups is 1. The number of carbonyl (C=O) groups excluding carboxylic acids is 1. The first-order chi connectivity index (χ1) is 9.13. The average Bonchev–Trinajstić information content (AvgIpc) is 2.90. The molecule has 0 aliphatic heterocycles. The van der Waals surface area contributed by atoms with Crippen molar-refractivity contribution in [1.29, 1.82) is 0 Å². The molecule has 1 amide bonds. The number of anilines is 1. The summed E-state index contributed by atoms with van der Waals surface area (Å²) in [4.78, 5) is 18.0. The minimum absolute atomic E-state index is 0.0288. The molecule has 0 aliphatic carbocycles. The van der Waals surface area contributed by atoms with Crippen LogP contribution in [0.3, 0.4) is 0 Å². The molecular formula is C14H18N4O. The van der Waals surface area contributed by atoms with Gasteiger partial charge in [0.1, 0.15) is 0 Å². The van der Waals surface area contributed by atoms with Crippen LogP contribution < -0.4 is 4.90 Å². The fourth-order valence-corrected chi connectivity index (χ4v) is 1.81. The second-order valence-corrected chi connectivity index (χ2v) is 4.59. The largest absolute Gasteiger partial charge is 0.279 e. The van der Waals surface area contributed by atoms with Crippen LogP contribution in [-0.2, 0) is 4.79 Å². The zero-order chi connectivity index (χ0) is 13.8. The van der Waals surface area contributed by atoms with Crippen LogP contribution in [-0.4, -0.2) is 27.6 Å². The molecule has 1 aromatic carbocycles. The first kappa shape index (κ1) is 13.3. The molecule has 1 N–H and O–H groups in total. The quantitative estimate of drug-likeness (QED) is 0.916. The second-order valence-electron chi connectivity index (χ2n) is 4.59. The summed E-state index contributed by atoms with van der Waals surface area (Å²) in [6.45, 7) is 6.22. The highest BCUT2D eigenvalue weighted by atomic mass is 16.2. The number of benzene rings is 1. The van der Waals surface area contributed by atoms with Crippen molar-refractivity contribution < 1.29 is 4.79 Å². The summed E-state index contributed by atoms with van der Waals surface area (Å²) in [6.07, 6.45) is 0. The van der Waals surface area contributed by atoms with E-state index >= 15 is 0 Å². The maximum atomic E-state index is 12.1.